The first-order valence-corrected chi connectivity index (χ1v) is 18.4. The van der Waals surface area contributed by atoms with E-state index < -0.39 is 72.6 Å². The summed E-state index contributed by atoms with van der Waals surface area (Å²) in [4.78, 5) is 94.2. The minimum atomic E-state index is -1.49. The van der Waals surface area contributed by atoms with Crippen molar-refractivity contribution >= 4 is 47.4 Å². The average Bonchev–Trinajstić information content (AvgIpc) is 3.05. The third-order valence-corrected chi connectivity index (χ3v) is 8.59. The second kappa shape index (κ2) is 28.6. The molecule has 0 rings (SSSR count). The van der Waals surface area contributed by atoms with E-state index in [2.05, 4.69) is 16.0 Å². The van der Waals surface area contributed by atoms with Crippen LogP contribution in [-0.4, -0.2) is 85.9 Å². The van der Waals surface area contributed by atoms with Gasteiger partial charge in [-0.1, -0.05) is 90.9 Å². The van der Waals surface area contributed by atoms with Crippen LogP contribution in [-0.2, 0) is 38.4 Å². The van der Waals surface area contributed by atoms with Crippen LogP contribution in [0.1, 0.15) is 155 Å². The van der Waals surface area contributed by atoms with Gasteiger partial charge in [-0.3, -0.25) is 24.0 Å². The molecule has 15 heteroatoms. The Morgan fingerprint density at radius 2 is 0.667 bits per heavy atom. The number of aliphatic carboxylic acids is 4. The highest BCUT2D eigenvalue weighted by atomic mass is 16.4. The van der Waals surface area contributed by atoms with Crippen molar-refractivity contribution in [2.24, 2.45) is 5.92 Å². The summed E-state index contributed by atoms with van der Waals surface area (Å²) in [6.07, 6.45) is 13.2. The van der Waals surface area contributed by atoms with E-state index >= 15 is 0 Å². The molecule has 0 aliphatic heterocycles. The molecule has 0 aromatic heterocycles. The molecule has 0 aliphatic carbocycles. The molecule has 0 radical (unpaired) electrons. The number of amides is 3. The molecule has 0 aromatic carbocycles. The second-order valence-corrected chi connectivity index (χ2v) is 13.5. The number of ketones is 1. The molecular formula is C36H61N3O12. The van der Waals surface area contributed by atoms with E-state index in [9.17, 15) is 53.7 Å². The van der Waals surface area contributed by atoms with Gasteiger partial charge < -0.3 is 36.4 Å². The maximum atomic E-state index is 12.4. The first kappa shape index (κ1) is 47.0. The molecule has 0 spiro atoms. The quantitative estimate of drug-likeness (QED) is 0.0459. The minimum Gasteiger partial charge on any atom is -0.481 e. The van der Waals surface area contributed by atoms with Crippen LogP contribution in [0.3, 0.4) is 0 Å². The molecule has 292 valence electrons. The molecule has 0 heterocycles. The Morgan fingerprint density at radius 1 is 0.392 bits per heavy atom. The van der Waals surface area contributed by atoms with E-state index in [0.717, 1.165) is 57.8 Å². The number of carbonyl (C=O) groups is 8. The average molecular weight is 728 g/mol. The summed E-state index contributed by atoms with van der Waals surface area (Å²) in [6, 6.07) is -4.17. The van der Waals surface area contributed by atoms with Crippen LogP contribution in [0.15, 0.2) is 0 Å². The molecular weight excluding hydrogens is 666 g/mol. The molecule has 0 aromatic rings. The van der Waals surface area contributed by atoms with E-state index in [4.69, 9.17) is 5.11 Å². The number of hydrogen-bond acceptors (Lipinski definition) is 8. The van der Waals surface area contributed by atoms with Crippen LogP contribution in [0.5, 0.6) is 0 Å². The monoisotopic (exact) mass is 727 g/mol. The number of carboxylic acid groups (broad SMARTS) is 4. The number of nitrogens with one attached hydrogen (secondary N) is 3. The highest BCUT2D eigenvalue weighted by Crippen LogP contribution is 2.14. The van der Waals surface area contributed by atoms with Gasteiger partial charge in [-0.25, -0.2) is 14.4 Å². The number of hydrogen-bond donors (Lipinski definition) is 7. The van der Waals surface area contributed by atoms with Crippen molar-refractivity contribution in [3.05, 3.63) is 0 Å². The van der Waals surface area contributed by atoms with Crippen LogP contribution in [0, 0.1) is 5.92 Å². The van der Waals surface area contributed by atoms with Gasteiger partial charge in [-0.05, 0) is 32.1 Å². The number of carbonyl (C=O) groups excluding carboxylic acids is 4. The molecule has 0 fully saturated rings. The van der Waals surface area contributed by atoms with Gasteiger partial charge in [0, 0.05) is 38.0 Å². The van der Waals surface area contributed by atoms with Gasteiger partial charge in [0.05, 0.1) is 0 Å². The lowest BCUT2D eigenvalue weighted by atomic mass is 10.0. The predicted octanol–water partition coefficient (Wildman–Crippen LogP) is 4.59. The molecule has 0 bridgehead atoms. The molecule has 7 N–H and O–H groups in total. The summed E-state index contributed by atoms with van der Waals surface area (Å²) in [5.41, 5.74) is 0. The zero-order chi connectivity index (χ0) is 38.6. The van der Waals surface area contributed by atoms with Crippen LogP contribution in [0.4, 0.5) is 0 Å². The zero-order valence-electron chi connectivity index (χ0n) is 30.4. The van der Waals surface area contributed by atoms with Gasteiger partial charge in [-0.15, -0.1) is 0 Å². The maximum Gasteiger partial charge on any atom is 0.326 e. The molecule has 51 heavy (non-hydrogen) atoms. The lowest BCUT2D eigenvalue weighted by molar-refractivity contribution is -0.144. The fourth-order valence-corrected chi connectivity index (χ4v) is 5.38. The summed E-state index contributed by atoms with van der Waals surface area (Å²) in [7, 11) is 0. The third kappa shape index (κ3) is 26.4. The largest absolute Gasteiger partial charge is 0.481 e. The molecule has 0 saturated heterocycles. The van der Waals surface area contributed by atoms with Gasteiger partial charge in [0.1, 0.15) is 23.9 Å². The smallest absolute Gasteiger partial charge is 0.326 e. The standard InChI is InChI=1S/C36H61N3O12/c1-25(2)29(40)22-19-26(34(46)47)38-31(42)24-21-28(36(50)51)39-32(43)23-20-27(35(48)49)37-30(41)17-15-13-11-9-7-5-3-4-6-8-10-12-14-16-18-33(44)45/h25-28H,3-24H2,1-2H3,(H,37,41)(H,38,42)(H,39,43)(H,44,45)(H,46,47)(H,48,49)(H,50,51)/t26-,27-,28-/m0/s1. The maximum absolute atomic E-state index is 12.4. The van der Waals surface area contributed by atoms with Crippen LogP contribution in [0.2, 0.25) is 0 Å². The summed E-state index contributed by atoms with van der Waals surface area (Å²) in [6.45, 7) is 3.34. The fraction of sp³-hybridized carbons (Fsp3) is 0.778. The predicted molar refractivity (Wildman–Crippen MR) is 188 cm³/mol. The van der Waals surface area contributed by atoms with E-state index in [1.807, 2.05) is 0 Å². The van der Waals surface area contributed by atoms with Crippen LogP contribution < -0.4 is 16.0 Å². The number of unbranched alkanes of at least 4 members (excludes halogenated alkanes) is 13. The summed E-state index contributed by atoms with van der Waals surface area (Å²) in [5.74, 6) is -7.30. The molecule has 3 atom stereocenters. The van der Waals surface area contributed by atoms with Gasteiger partial charge in [-0.2, -0.15) is 0 Å². The highest BCUT2D eigenvalue weighted by molar-refractivity contribution is 5.87. The minimum absolute atomic E-state index is 0.0505. The zero-order valence-corrected chi connectivity index (χ0v) is 30.4. The van der Waals surface area contributed by atoms with Crippen molar-refractivity contribution in [3.8, 4) is 0 Å². The second-order valence-electron chi connectivity index (χ2n) is 13.5. The summed E-state index contributed by atoms with van der Waals surface area (Å²) in [5, 5.41) is 43.9. The SMILES string of the molecule is CC(C)C(=O)CC[C@H](NC(=O)CC[C@H](NC(=O)CC[C@H](NC(=O)CCCCCCCCCCCCCCCCC(=O)O)C(=O)O)C(=O)O)C(=O)O. The number of Topliss-reactive ketones (excluding diaryl/α,β-unsaturated/α-hetero) is 1. The number of carboxylic acids is 4. The van der Waals surface area contributed by atoms with Crippen molar-refractivity contribution in [1.82, 2.24) is 16.0 Å². The summed E-state index contributed by atoms with van der Waals surface area (Å²) >= 11 is 0. The van der Waals surface area contributed by atoms with Crippen LogP contribution in [0.25, 0.3) is 0 Å². The van der Waals surface area contributed by atoms with E-state index in [-0.39, 0.29) is 50.2 Å². The highest BCUT2D eigenvalue weighted by Gasteiger charge is 2.26. The van der Waals surface area contributed by atoms with Crippen molar-refractivity contribution in [2.75, 3.05) is 0 Å². The lowest BCUT2D eigenvalue weighted by Gasteiger charge is -2.18. The van der Waals surface area contributed by atoms with Gasteiger partial charge in [0.15, 0.2) is 0 Å². The molecule has 3 amide bonds. The Kier molecular flexibility index (Phi) is 26.4. The lowest BCUT2D eigenvalue weighted by Crippen LogP contribution is -2.45. The molecule has 15 nitrogen and oxygen atoms in total. The molecule has 0 aliphatic rings. The Morgan fingerprint density at radius 3 is 0.961 bits per heavy atom. The van der Waals surface area contributed by atoms with Gasteiger partial charge in [0.25, 0.3) is 0 Å². The summed E-state index contributed by atoms with van der Waals surface area (Å²) < 4.78 is 0. The van der Waals surface area contributed by atoms with Gasteiger partial charge in [0.2, 0.25) is 17.7 Å². The van der Waals surface area contributed by atoms with E-state index in [1.165, 1.54) is 25.7 Å². The van der Waals surface area contributed by atoms with E-state index in [0.29, 0.717) is 6.42 Å². The van der Waals surface area contributed by atoms with E-state index in [1.54, 1.807) is 13.8 Å². The molecule has 0 saturated carbocycles. The van der Waals surface area contributed by atoms with Crippen LogP contribution >= 0.6 is 0 Å². The normalized spacial score (nSPS) is 12.8. The topological polar surface area (TPSA) is 254 Å². The van der Waals surface area contributed by atoms with Gasteiger partial charge >= 0.3 is 23.9 Å². The first-order chi connectivity index (χ1) is 24.1. The first-order valence-electron chi connectivity index (χ1n) is 18.4. The van der Waals surface area contributed by atoms with Crippen molar-refractivity contribution in [2.45, 2.75) is 173 Å². The van der Waals surface area contributed by atoms with Crippen molar-refractivity contribution in [1.29, 1.82) is 0 Å². The molecule has 0 unspecified atom stereocenters. The third-order valence-electron chi connectivity index (χ3n) is 8.59. The number of rotatable bonds is 33. The Labute approximate surface area is 301 Å². The Bertz CT molecular complexity index is 1110. The Hall–Kier alpha value is -4.04. The van der Waals surface area contributed by atoms with Crippen molar-refractivity contribution < 1.29 is 58.8 Å². The van der Waals surface area contributed by atoms with Crippen molar-refractivity contribution in [3.63, 3.8) is 0 Å². The fourth-order valence-electron chi connectivity index (χ4n) is 5.38. The Balaban J connectivity index is 4.28.